The van der Waals surface area contributed by atoms with E-state index in [9.17, 15) is 18.0 Å². The molecule has 0 aliphatic carbocycles. The number of piperazine rings is 1. The lowest BCUT2D eigenvalue weighted by molar-refractivity contribution is -0.274. The van der Waals surface area contributed by atoms with Gasteiger partial charge in [-0.3, -0.25) is 4.79 Å². The van der Waals surface area contributed by atoms with Gasteiger partial charge in [0.25, 0.3) is 5.91 Å². The third-order valence-corrected chi connectivity index (χ3v) is 3.08. The van der Waals surface area contributed by atoms with Gasteiger partial charge in [-0.15, -0.1) is 25.6 Å². The summed E-state index contributed by atoms with van der Waals surface area (Å²) in [7, 11) is 0. The number of carbonyl (C=O) groups is 1. The molecule has 0 saturated carbocycles. The van der Waals surface area contributed by atoms with E-state index in [1.54, 1.807) is 4.90 Å². The summed E-state index contributed by atoms with van der Waals surface area (Å²) in [6.45, 7) is 3.77. The van der Waals surface area contributed by atoms with Crippen LogP contribution in [0.4, 0.5) is 13.2 Å². The number of benzene rings is 1. The Hall–Kier alpha value is -1.47. The van der Waals surface area contributed by atoms with Gasteiger partial charge < -0.3 is 15.0 Å². The van der Waals surface area contributed by atoms with Crippen LogP contribution in [0, 0.1) is 0 Å². The van der Waals surface area contributed by atoms with E-state index in [0.29, 0.717) is 19.6 Å². The number of nitrogens with zero attached hydrogens (tertiary/aromatic N) is 1. The van der Waals surface area contributed by atoms with E-state index >= 15 is 0 Å². The van der Waals surface area contributed by atoms with E-state index in [0.717, 1.165) is 6.07 Å². The van der Waals surface area contributed by atoms with Crippen molar-refractivity contribution in [2.24, 2.45) is 0 Å². The van der Waals surface area contributed by atoms with Crippen LogP contribution in [0.15, 0.2) is 24.3 Å². The second kappa shape index (κ2) is 7.00. The number of hydrogen-bond donors (Lipinski definition) is 1. The van der Waals surface area contributed by atoms with Crippen LogP contribution in [0.25, 0.3) is 0 Å². The Labute approximate surface area is 126 Å². The average molecular weight is 325 g/mol. The Balaban J connectivity index is 0.00000220. The van der Waals surface area contributed by atoms with Crippen LogP contribution in [0.3, 0.4) is 0 Å². The predicted octanol–water partition coefficient (Wildman–Crippen LogP) is 2.44. The standard InChI is InChI=1S/C13H15F3N2O2.ClH/c1-9-8-17-5-6-18(9)12(19)10-3-2-4-11(7-10)20-13(14,15)16;/h2-4,7,9,17H,5-6,8H2,1H3;1H. The highest BCUT2D eigenvalue weighted by molar-refractivity contribution is 5.94. The van der Waals surface area contributed by atoms with Crippen LogP contribution in [0.2, 0.25) is 0 Å². The minimum Gasteiger partial charge on any atom is -0.406 e. The fourth-order valence-electron chi connectivity index (χ4n) is 2.13. The molecule has 118 valence electrons. The molecule has 1 N–H and O–H groups in total. The second-order valence-electron chi connectivity index (χ2n) is 4.63. The third kappa shape index (κ3) is 4.78. The molecule has 0 aromatic heterocycles. The van der Waals surface area contributed by atoms with Crippen molar-refractivity contribution in [2.75, 3.05) is 19.6 Å². The Morgan fingerprint density at radius 2 is 2.14 bits per heavy atom. The molecule has 21 heavy (non-hydrogen) atoms. The molecule has 1 aliphatic heterocycles. The zero-order chi connectivity index (χ0) is 14.8. The molecule has 1 unspecified atom stereocenters. The van der Waals surface area contributed by atoms with E-state index in [1.165, 1.54) is 18.2 Å². The molecule has 2 rings (SSSR count). The van der Waals surface area contributed by atoms with Gasteiger partial charge in [0.1, 0.15) is 5.75 Å². The first-order valence-corrected chi connectivity index (χ1v) is 6.24. The van der Waals surface area contributed by atoms with E-state index < -0.39 is 6.36 Å². The maximum atomic E-state index is 12.3. The van der Waals surface area contributed by atoms with E-state index in [1.807, 2.05) is 6.92 Å². The molecule has 1 aromatic carbocycles. The number of nitrogens with one attached hydrogen (secondary N) is 1. The number of carbonyl (C=O) groups excluding carboxylic acids is 1. The maximum absolute atomic E-state index is 12.3. The smallest absolute Gasteiger partial charge is 0.406 e. The van der Waals surface area contributed by atoms with Gasteiger partial charge in [-0.1, -0.05) is 6.07 Å². The fraction of sp³-hybridized carbons (Fsp3) is 0.462. The number of rotatable bonds is 2. The summed E-state index contributed by atoms with van der Waals surface area (Å²) < 4.78 is 40.3. The molecule has 4 nitrogen and oxygen atoms in total. The number of halogens is 4. The first kappa shape index (κ1) is 17.6. The van der Waals surface area contributed by atoms with E-state index in [4.69, 9.17) is 0 Å². The molecule has 1 atom stereocenters. The van der Waals surface area contributed by atoms with Gasteiger partial charge in [0.15, 0.2) is 0 Å². The fourth-order valence-corrected chi connectivity index (χ4v) is 2.13. The molecule has 0 bridgehead atoms. The third-order valence-electron chi connectivity index (χ3n) is 3.08. The quantitative estimate of drug-likeness (QED) is 0.908. The minimum absolute atomic E-state index is 0. The number of hydrogen-bond acceptors (Lipinski definition) is 3. The number of amides is 1. The summed E-state index contributed by atoms with van der Waals surface area (Å²) in [6, 6.07) is 5.15. The van der Waals surface area contributed by atoms with Gasteiger partial charge in [-0.2, -0.15) is 0 Å². The Bertz CT molecular complexity index is 497. The molecule has 8 heteroatoms. The zero-order valence-electron chi connectivity index (χ0n) is 11.3. The van der Waals surface area contributed by atoms with E-state index in [-0.39, 0.29) is 35.7 Å². The van der Waals surface area contributed by atoms with Crippen LogP contribution >= 0.6 is 12.4 Å². The molecular weight excluding hydrogens is 309 g/mol. The van der Waals surface area contributed by atoms with Crippen LogP contribution in [0.5, 0.6) is 5.75 Å². The highest BCUT2D eigenvalue weighted by Gasteiger charge is 2.31. The molecule has 1 aromatic rings. The summed E-state index contributed by atoms with van der Waals surface area (Å²) in [5.74, 6) is -0.669. The molecule has 0 spiro atoms. The molecule has 1 aliphatic rings. The molecule has 1 saturated heterocycles. The lowest BCUT2D eigenvalue weighted by atomic mass is 10.1. The minimum atomic E-state index is -4.76. The predicted molar refractivity (Wildman–Crippen MR) is 73.7 cm³/mol. The Morgan fingerprint density at radius 3 is 2.76 bits per heavy atom. The van der Waals surface area contributed by atoms with Crippen LogP contribution in [-0.4, -0.2) is 42.8 Å². The monoisotopic (exact) mass is 324 g/mol. The SMILES string of the molecule is CC1CNCCN1C(=O)c1cccc(OC(F)(F)F)c1.Cl. The topological polar surface area (TPSA) is 41.6 Å². The van der Waals surface area contributed by atoms with Crippen molar-refractivity contribution in [3.05, 3.63) is 29.8 Å². The van der Waals surface area contributed by atoms with E-state index in [2.05, 4.69) is 10.1 Å². The number of alkyl halides is 3. The molecule has 1 heterocycles. The van der Waals surface area contributed by atoms with Crippen molar-refractivity contribution in [1.29, 1.82) is 0 Å². The molecular formula is C13H16ClF3N2O2. The average Bonchev–Trinajstić information content (AvgIpc) is 2.37. The Morgan fingerprint density at radius 1 is 1.43 bits per heavy atom. The lowest BCUT2D eigenvalue weighted by Crippen LogP contribution is -2.52. The van der Waals surface area contributed by atoms with Crippen LogP contribution in [-0.2, 0) is 0 Å². The van der Waals surface area contributed by atoms with Gasteiger partial charge in [0.2, 0.25) is 0 Å². The maximum Gasteiger partial charge on any atom is 0.573 e. The van der Waals surface area contributed by atoms with Crippen molar-refractivity contribution >= 4 is 18.3 Å². The summed E-state index contributed by atoms with van der Waals surface area (Å²) in [5.41, 5.74) is 0.195. The highest BCUT2D eigenvalue weighted by atomic mass is 35.5. The summed E-state index contributed by atoms with van der Waals surface area (Å²) in [6.07, 6.45) is -4.76. The zero-order valence-corrected chi connectivity index (χ0v) is 12.1. The van der Waals surface area contributed by atoms with Gasteiger partial charge in [-0.05, 0) is 25.1 Å². The van der Waals surface area contributed by atoms with Gasteiger partial charge in [-0.25, -0.2) is 0 Å². The van der Waals surface area contributed by atoms with Gasteiger partial charge in [0.05, 0.1) is 0 Å². The normalized spacial score (nSPS) is 18.9. The molecule has 1 amide bonds. The largest absolute Gasteiger partial charge is 0.573 e. The Kier molecular flexibility index (Phi) is 5.86. The van der Waals surface area contributed by atoms with Crippen molar-refractivity contribution in [3.8, 4) is 5.75 Å². The lowest BCUT2D eigenvalue weighted by Gasteiger charge is -2.34. The highest BCUT2D eigenvalue weighted by Crippen LogP contribution is 2.24. The number of ether oxygens (including phenoxy) is 1. The second-order valence-corrected chi connectivity index (χ2v) is 4.63. The summed E-state index contributed by atoms with van der Waals surface area (Å²) >= 11 is 0. The summed E-state index contributed by atoms with van der Waals surface area (Å²) in [4.78, 5) is 13.9. The van der Waals surface area contributed by atoms with Gasteiger partial charge >= 0.3 is 6.36 Å². The molecule has 1 fully saturated rings. The first-order valence-electron chi connectivity index (χ1n) is 6.24. The first-order chi connectivity index (χ1) is 9.37. The van der Waals surface area contributed by atoms with Crippen molar-refractivity contribution < 1.29 is 22.7 Å². The van der Waals surface area contributed by atoms with Crippen molar-refractivity contribution in [3.63, 3.8) is 0 Å². The van der Waals surface area contributed by atoms with Gasteiger partial charge in [0, 0.05) is 31.2 Å². The van der Waals surface area contributed by atoms with Crippen molar-refractivity contribution in [2.45, 2.75) is 19.3 Å². The molecule has 0 radical (unpaired) electrons. The van der Waals surface area contributed by atoms with Crippen LogP contribution in [0.1, 0.15) is 17.3 Å². The van der Waals surface area contributed by atoms with Crippen LogP contribution < -0.4 is 10.1 Å². The van der Waals surface area contributed by atoms with Crippen molar-refractivity contribution in [1.82, 2.24) is 10.2 Å². The summed E-state index contributed by atoms with van der Waals surface area (Å²) in [5, 5.41) is 3.15.